The third-order valence-corrected chi connectivity index (χ3v) is 5.11. The molecule has 0 bridgehead atoms. The minimum atomic E-state index is -0.137. The predicted molar refractivity (Wildman–Crippen MR) is 110 cm³/mol. The number of nitrogens with one attached hydrogen (secondary N) is 2. The van der Waals surface area contributed by atoms with Crippen LogP contribution in [0.5, 0.6) is 5.75 Å². The molecule has 2 aromatic rings. The third-order valence-electron chi connectivity index (χ3n) is 5.11. The second-order valence-corrected chi connectivity index (χ2v) is 7.01. The van der Waals surface area contributed by atoms with E-state index in [0.29, 0.717) is 30.5 Å². The van der Waals surface area contributed by atoms with E-state index in [1.807, 2.05) is 24.3 Å². The van der Waals surface area contributed by atoms with Gasteiger partial charge in [-0.1, -0.05) is 12.1 Å². The average molecular weight is 394 g/mol. The molecule has 1 aromatic carbocycles. The highest BCUT2D eigenvalue weighted by Gasteiger charge is 2.22. The van der Waals surface area contributed by atoms with Gasteiger partial charge < -0.3 is 20.3 Å². The Morgan fingerprint density at radius 2 is 1.93 bits per heavy atom. The SMILES string of the molecule is COc1ccc(CCNC(=O)NCC2CCN(c3nccnc3C#N)CC2)cc1. The van der Waals surface area contributed by atoms with E-state index in [-0.39, 0.29) is 6.03 Å². The van der Waals surface area contributed by atoms with Crippen LogP contribution in [0, 0.1) is 17.2 Å². The van der Waals surface area contributed by atoms with E-state index in [1.165, 1.54) is 6.20 Å². The highest BCUT2D eigenvalue weighted by Crippen LogP contribution is 2.22. The molecule has 0 aliphatic carbocycles. The molecule has 0 saturated carbocycles. The van der Waals surface area contributed by atoms with Crippen LogP contribution >= 0.6 is 0 Å². The second kappa shape index (κ2) is 10.3. The van der Waals surface area contributed by atoms with E-state index < -0.39 is 0 Å². The number of aromatic nitrogens is 2. The van der Waals surface area contributed by atoms with Gasteiger partial charge in [-0.2, -0.15) is 5.26 Å². The van der Waals surface area contributed by atoms with Crippen molar-refractivity contribution in [2.24, 2.45) is 5.92 Å². The summed E-state index contributed by atoms with van der Waals surface area (Å²) in [7, 11) is 1.64. The van der Waals surface area contributed by atoms with Crippen molar-refractivity contribution in [3.05, 3.63) is 47.9 Å². The summed E-state index contributed by atoms with van der Waals surface area (Å²) < 4.78 is 5.14. The molecule has 2 amide bonds. The predicted octanol–water partition coefficient (Wildman–Crippen LogP) is 2.12. The number of carbonyl (C=O) groups excluding carboxylic acids is 1. The number of urea groups is 1. The van der Waals surface area contributed by atoms with Gasteiger partial charge in [0.15, 0.2) is 11.5 Å². The smallest absolute Gasteiger partial charge is 0.314 e. The Bertz CT molecular complexity index is 841. The Labute approximate surface area is 170 Å². The molecule has 3 rings (SSSR count). The summed E-state index contributed by atoms with van der Waals surface area (Å²) in [5.74, 6) is 1.90. The Morgan fingerprint density at radius 3 is 2.62 bits per heavy atom. The molecule has 0 atom stereocenters. The zero-order valence-electron chi connectivity index (χ0n) is 16.6. The first kappa shape index (κ1) is 20.4. The summed E-state index contributed by atoms with van der Waals surface area (Å²) in [5, 5.41) is 15.0. The number of hydrogen-bond acceptors (Lipinski definition) is 6. The molecular weight excluding hydrogens is 368 g/mol. The maximum absolute atomic E-state index is 12.0. The van der Waals surface area contributed by atoms with E-state index in [1.54, 1.807) is 13.3 Å². The summed E-state index contributed by atoms with van der Waals surface area (Å²) in [5.41, 5.74) is 1.51. The molecule has 1 aliphatic rings. The number of anilines is 1. The lowest BCUT2D eigenvalue weighted by atomic mass is 9.97. The van der Waals surface area contributed by atoms with Gasteiger partial charge >= 0.3 is 6.03 Å². The van der Waals surface area contributed by atoms with Crippen molar-refractivity contribution in [1.82, 2.24) is 20.6 Å². The molecule has 2 N–H and O–H groups in total. The molecule has 1 aromatic heterocycles. The van der Waals surface area contributed by atoms with E-state index in [9.17, 15) is 10.1 Å². The fourth-order valence-corrected chi connectivity index (χ4v) is 3.40. The fourth-order valence-electron chi connectivity index (χ4n) is 3.40. The van der Waals surface area contributed by atoms with Crippen LogP contribution in [0.2, 0.25) is 0 Å². The number of rotatable bonds is 7. The van der Waals surface area contributed by atoms with Crippen molar-refractivity contribution in [2.45, 2.75) is 19.3 Å². The quantitative estimate of drug-likeness (QED) is 0.746. The minimum absolute atomic E-state index is 0.137. The number of carbonyl (C=O) groups is 1. The van der Waals surface area contributed by atoms with Gasteiger partial charge in [-0.3, -0.25) is 0 Å². The fraction of sp³-hybridized carbons (Fsp3) is 0.429. The standard InChI is InChI=1S/C21H26N6O2/c1-29-18-4-2-16(3-5-18)6-9-25-21(28)26-15-17-7-12-27(13-8-17)20-19(14-22)23-10-11-24-20/h2-5,10-11,17H,6-9,12-13,15H2,1H3,(H2,25,26,28). The molecule has 8 heteroatoms. The highest BCUT2D eigenvalue weighted by atomic mass is 16.5. The van der Waals surface area contributed by atoms with Gasteiger partial charge in [-0.15, -0.1) is 0 Å². The monoisotopic (exact) mass is 394 g/mol. The van der Waals surface area contributed by atoms with Gasteiger partial charge in [0, 0.05) is 38.6 Å². The summed E-state index contributed by atoms with van der Waals surface area (Å²) in [6, 6.07) is 9.80. The molecule has 29 heavy (non-hydrogen) atoms. The zero-order chi connectivity index (χ0) is 20.5. The van der Waals surface area contributed by atoms with Gasteiger partial charge in [-0.25, -0.2) is 14.8 Å². The van der Waals surface area contributed by atoms with Crippen LogP contribution in [0.4, 0.5) is 10.6 Å². The average Bonchev–Trinajstić information content (AvgIpc) is 2.78. The number of nitrogens with zero attached hydrogens (tertiary/aromatic N) is 4. The molecule has 8 nitrogen and oxygen atoms in total. The van der Waals surface area contributed by atoms with Crippen LogP contribution < -0.4 is 20.3 Å². The van der Waals surface area contributed by atoms with Gasteiger partial charge in [-0.05, 0) is 42.9 Å². The summed E-state index contributed by atoms with van der Waals surface area (Å²) >= 11 is 0. The van der Waals surface area contributed by atoms with Crippen LogP contribution in [-0.2, 0) is 6.42 Å². The van der Waals surface area contributed by atoms with Crippen molar-refractivity contribution in [2.75, 3.05) is 38.2 Å². The Hall–Kier alpha value is -3.34. The zero-order valence-corrected chi connectivity index (χ0v) is 16.6. The topological polar surface area (TPSA) is 103 Å². The number of methoxy groups -OCH3 is 1. The maximum Gasteiger partial charge on any atom is 0.314 e. The molecule has 152 valence electrons. The summed E-state index contributed by atoms with van der Waals surface area (Å²) in [6.45, 7) is 2.84. The Morgan fingerprint density at radius 1 is 1.21 bits per heavy atom. The molecule has 2 heterocycles. The molecule has 0 radical (unpaired) electrons. The van der Waals surface area contributed by atoms with Crippen LogP contribution in [0.15, 0.2) is 36.7 Å². The number of amides is 2. The van der Waals surface area contributed by atoms with Crippen molar-refractivity contribution >= 4 is 11.8 Å². The van der Waals surface area contributed by atoms with E-state index in [4.69, 9.17) is 4.74 Å². The molecule has 0 unspecified atom stereocenters. The molecule has 1 aliphatic heterocycles. The van der Waals surface area contributed by atoms with E-state index in [2.05, 4.69) is 31.6 Å². The Kier molecular flexibility index (Phi) is 7.22. The summed E-state index contributed by atoms with van der Waals surface area (Å²) in [4.78, 5) is 22.5. The van der Waals surface area contributed by atoms with Crippen LogP contribution in [0.3, 0.4) is 0 Å². The first-order valence-electron chi connectivity index (χ1n) is 9.80. The Balaban J connectivity index is 1.34. The number of benzene rings is 1. The lowest BCUT2D eigenvalue weighted by molar-refractivity contribution is 0.237. The van der Waals surface area contributed by atoms with Crippen molar-refractivity contribution in [3.63, 3.8) is 0 Å². The molecule has 1 fully saturated rings. The van der Waals surface area contributed by atoms with Crippen LogP contribution in [0.1, 0.15) is 24.1 Å². The number of nitriles is 1. The third kappa shape index (κ3) is 5.82. The lowest BCUT2D eigenvalue weighted by Gasteiger charge is -2.32. The normalized spacial score (nSPS) is 14.1. The summed E-state index contributed by atoms with van der Waals surface area (Å²) in [6.07, 6.45) is 5.79. The van der Waals surface area contributed by atoms with Gasteiger partial charge in [0.25, 0.3) is 0 Å². The number of ether oxygens (including phenoxy) is 1. The highest BCUT2D eigenvalue weighted by molar-refractivity contribution is 5.73. The first-order valence-corrected chi connectivity index (χ1v) is 9.80. The molecule has 1 saturated heterocycles. The number of hydrogen-bond donors (Lipinski definition) is 2. The molecule has 0 spiro atoms. The molecular formula is C21H26N6O2. The maximum atomic E-state index is 12.0. The van der Waals surface area contributed by atoms with Crippen molar-refractivity contribution < 1.29 is 9.53 Å². The van der Waals surface area contributed by atoms with E-state index >= 15 is 0 Å². The lowest BCUT2D eigenvalue weighted by Crippen LogP contribution is -2.42. The number of piperidine rings is 1. The van der Waals surface area contributed by atoms with Crippen LogP contribution in [-0.4, -0.2) is 49.3 Å². The van der Waals surface area contributed by atoms with Crippen molar-refractivity contribution in [1.29, 1.82) is 5.26 Å². The van der Waals surface area contributed by atoms with Gasteiger partial charge in [0.2, 0.25) is 0 Å². The van der Waals surface area contributed by atoms with Crippen molar-refractivity contribution in [3.8, 4) is 11.8 Å². The second-order valence-electron chi connectivity index (χ2n) is 7.01. The first-order chi connectivity index (χ1) is 14.2. The largest absolute Gasteiger partial charge is 0.497 e. The van der Waals surface area contributed by atoms with E-state index in [0.717, 1.165) is 43.7 Å². The van der Waals surface area contributed by atoms with Crippen LogP contribution in [0.25, 0.3) is 0 Å². The van der Waals surface area contributed by atoms with Gasteiger partial charge in [0.1, 0.15) is 11.8 Å². The van der Waals surface area contributed by atoms with Gasteiger partial charge in [0.05, 0.1) is 7.11 Å². The minimum Gasteiger partial charge on any atom is -0.497 e.